The van der Waals surface area contributed by atoms with Crippen molar-refractivity contribution in [1.29, 1.82) is 0 Å². The van der Waals surface area contributed by atoms with Gasteiger partial charge in [-0.3, -0.25) is 0 Å². The lowest BCUT2D eigenvalue weighted by atomic mass is 10.1. The molecule has 0 amide bonds. The predicted molar refractivity (Wildman–Crippen MR) is 86.0 cm³/mol. The monoisotopic (exact) mass is 305 g/mol. The van der Waals surface area contributed by atoms with Gasteiger partial charge in [0.15, 0.2) is 0 Å². The van der Waals surface area contributed by atoms with Crippen molar-refractivity contribution in [3.8, 4) is 11.3 Å². The molecule has 1 aromatic heterocycles. The summed E-state index contributed by atoms with van der Waals surface area (Å²) >= 11 is 1.66. The molecule has 4 nitrogen and oxygen atoms in total. The normalized spacial score (nSPS) is 10.8. The molecule has 0 radical (unpaired) electrons. The van der Waals surface area contributed by atoms with Crippen LogP contribution >= 0.6 is 11.8 Å². The smallest absolute Gasteiger partial charge is 0.337 e. The number of carbonyl (C=O) groups is 1. The van der Waals surface area contributed by atoms with Crippen LogP contribution in [0.5, 0.6) is 0 Å². The van der Waals surface area contributed by atoms with Gasteiger partial charge in [-0.25, -0.2) is 4.79 Å². The lowest BCUT2D eigenvalue weighted by Crippen LogP contribution is -2.07. The van der Waals surface area contributed by atoms with Crippen LogP contribution < -0.4 is 0 Å². The van der Waals surface area contributed by atoms with Crippen LogP contribution in [0.25, 0.3) is 11.3 Å². The molecule has 0 spiro atoms. The van der Waals surface area contributed by atoms with Crippen molar-refractivity contribution < 1.29 is 15.0 Å². The lowest BCUT2D eigenvalue weighted by molar-refractivity contribution is 0.0696. The third-order valence-corrected chi connectivity index (χ3v) is 4.30. The van der Waals surface area contributed by atoms with Gasteiger partial charge in [0.1, 0.15) is 0 Å². The van der Waals surface area contributed by atoms with Gasteiger partial charge in [0, 0.05) is 29.4 Å². The number of aromatic nitrogens is 1. The number of nitrogens with zero attached hydrogens (tertiary/aromatic N) is 1. The number of rotatable bonds is 7. The minimum Gasteiger partial charge on any atom is -0.478 e. The Morgan fingerprint density at radius 3 is 2.57 bits per heavy atom. The van der Waals surface area contributed by atoms with Crippen molar-refractivity contribution in [2.75, 3.05) is 18.1 Å². The van der Waals surface area contributed by atoms with E-state index in [0.717, 1.165) is 29.2 Å². The van der Waals surface area contributed by atoms with Crippen LogP contribution in [0.2, 0.25) is 0 Å². The molecular formula is C16H19NO3S. The molecule has 1 heterocycles. The molecule has 2 aromatic rings. The van der Waals surface area contributed by atoms with Crippen molar-refractivity contribution in [2.24, 2.45) is 0 Å². The maximum absolute atomic E-state index is 11.3. The zero-order valence-electron chi connectivity index (χ0n) is 12.0. The zero-order valence-corrected chi connectivity index (χ0v) is 12.8. The second kappa shape index (κ2) is 7.33. The third-order valence-electron chi connectivity index (χ3n) is 3.36. The third kappa shape index (κ3) is 3.68. The van der Waals surface area contributed by atoms with E-state index in [9.17, 15) is 9.90 Å². The maximum atomic E-state index is 11.3. The summed E-state index contributed by atoms with van der Waals surface area (Å²) in [5.41, 5.74) is 3.06. The highest BCUT2D eigenvalue weighted by atomic mass is 32.2. The molecular weight excluding hydrogens is 286 g/mol. The number of carboxylic acids is 1. The standard InChI is InChI=1S/C16H19NO3S/c1-12-14(16(19)20)11-15(13-5-3-2-4-6-13)17(12)7-9-21-10-8-18/h2-6,11,18H,7-10H2,1H3,(H,19,20). The number of carboxylic acid groups (broad SMARTS) is 1. The first kappa shape index (κ1) is 15.7. The fourth-order valence-electron chi connectivity index (χ4n) is 2.32. The van der Waals surface area contributed by atoms with Crippen molar-refractivity contribution in [3.05, 3.63) is 47.7 Å². The van der Waals surface area contributed by atoms with Gasteiger partial charge >= 0.3 is 5.97 Å². The molecule has 0 saturated heterocycles. The second-order valence-corrected chi connectivity index (χ2v) is 5.91. The van der Waals surface area contributed by atoms with Gasteiger partial charge in [0.05, 0.1) is 12.2 Å². The zero-order chi connectivity index (χ0) is 15.2. The van der Waals surface area contributed by atoms with E-state index < -0.39 is 5.97 Å². The highest BCUT2D eigenvalue weighted by Gasteiger charge is 2.17. The van der Waals surface area contributed by atoms with E-state index in [1.165, 1.54) is 0 Å². The summed E-state index contributed by atoms with van der Waals surface area (Å²) in [6.07, 6.45) is 0. The Bertz CT molecular complexity index is 607. The van der Waals surface area contributed by atoms with Gasteiger partial charge in [-0.15, -0.1) is 0 Å². The molecule has 5 heteroatoms. The van der Waals surface area contributed by atoms with E-state index in [-0.39, 0.29) is 6.61 Å². The first-order valence-electron chi connectivity index (χ1n) is 6.82. The van der Waals surface area contributed by atoms with Crippen LogP contribution in [-0.2, 0) is 6.54 Å². The van der Waals surface area contributed by atoms with Crippen molar-refractivity contribution in [2.45, 2.75) is 13.5 Å². The SMILES string of the molecule is Cc1c(C(=O)O)cc(-c2ccccc2)n1CCSCCO. The molecule has 2 rings (SSSR count). The van der Waals surface area contributed by atoms with Crippen LogP contribution in [0, 0.1) is 6.92 Å². The maximum Gasteiger partial charge on any atom is 0.337 e. The average Bonchev–Trinajstić information content (AvgIpc) is 2.82. The Hall–Kier alpha value is -1.72. The molecule has 21 heavy (non-hydrogen) atoms. The summed E-state index contributed by atoms with van der Waals surface area (Å²) in [4.78, 5) is 11.3. The number of aliphatic hydroxyl groups is 1. The molecule has 0 saturated carbocycles. The summed E-state index contributed by atoms with van der Waals surface area (Å²) in [7, 11) is 0. The molecule has 0 aliphatic carbocycles. The van der Waals surface area contributed by atoms with Crippen LogP contribution in [0.4, 0.5) is 0 Å². The minimum absolute atomic E-state index is 0.168. The summed E-state index contributed by atoms with van der Waals surface area (Å²) in [5, 5.41) is 18.1. The molecule has 0 unspecified atom stereocenters. The van der Waals surface area contributed by atoms with Crippen LogP contribution in [0.1, 0.15) is 16.1 Å². The summed E-state index contributed by atoms with van der Waals surface area (Å²) < 4.78 is 2.04. The molecule has 0 fully saturated rings. The van der Waals surface area contributed by atoms with Gasteiger partial charge in [-0.05, 0) is 18.6 Å². The van der Waals surface area contributed by atoms with E-state index in [1.807, 2.05) is 41.8 Å². The Labute approximate surface area is 128 Å². The summed E-state index contributed by atoms with van der Waals surface area (Å²) in [6, 6.07) is 11.5. The summed E-state index contributed by atoms with van der Waals surface area (Å²) in [5.74, 6) is 0.647. The molecule has 0 aliphatic heterocycles. The van der Waals surface area contributed by atoms with Gasteiger partial charge in [0.25, 0.3) is 0 Å². The highest BCUT2D eigenvalue weighted by Crippen LogP contribution is 2.26. The van der Waals surface area contributed by atoms with E-state index in [0.29, 0.717) is 11.3 Å². The topological polar surface area (TPSA) is 62.5 Å². The first-order chi connectivity index (χ1) is 10.1. The van der Waals surface area contributed by atoms with Crippen molar-refractivity contribution in [3.63, 3.8) is 0 Å². The number of aromatic carboxylic acids is 1. The fraction of sp³-hybridized carbons (Fsp3) is 0.312. The Balaban J connectivity index is 2.33. The Morgan fingerprint density at radius 1 is 1.24 bits per heavy atom. The van der Waals surface area contributed by atoms with Gasteiger partial charge in [-0.1, -0.05) is 30.3 Å². The number of thioether (sulfide) groups is 1. The van der Waals surface area contributed by atoms with Crippen LogP contribution in [0.3, 0.4) is 0 Å². The highest BCUT2D eigenvalue weighted by molar-refractivity contribution is 7.99. The Morgan fingerprint density at radius 2 is 1.95 bits per heavy atom. The van der Waals surface area contributed by atoms with E-state index in [2.05, 4.69) is 0 Å². The number of hydrogen-bond acceptors (Lipinski definition) is 3. The lowest BCUT2D eigenvalue weighted by Gasteiger charge is -2.11. The van der Waals surface area contributed by atoms with E-state index in [1.54, 1.807) is 17.8 Å². The molecule has 1 aromatic carbocycles. The molecule has 0 aliphatic rings. The fourth-order valence-corrected chi connectivity index (χ4v) is 2.97. The molecule has 0 atom stereocenters. The van der Waals surface area contributed by atoms with E-state index in [4.69, 9.17) is 5.11 Å². The van der Waals surface area contributed by atoms with Crippen molar-refractivity contribution >= 4 is 17.7 Å². The Kier molecular flexibility index (Phi) is 5.47. The van der Waals surface area contributed by atoms with Crippen molar-refractivity contribution in [1.82, 2.24) is 4.57 Å². The quantitative estimate of drug-likeness (QED) is 0.772. The molecule has 0 bridgehead atoms. The average molecular weight is 305 g/mol. The van der Waals surface area contributed by atoms with Gasteiger partial charge in [-0.2, -0.15) is 11.8 Å². The van der Waals surface area contributed by atoms with Gasteiger partial charge < -0.3 is 14.8 Å². The number of benzene rings is 1. The summed E-state index contributed by atoms with van der Waals surface area (Å²) in [6.45, 7) is 2.74. The van der Waals surface area contributed by atoms with Gasteiger partial charge in [0.2, 0.25) is 0 Å². The van der Waals surface area contributed by atoms with Crippen LogP contribution in [-0.4, -0.2) is 38.9 Å². The largest absolute Gasteiger partial charge is 0.478 e. The number of aliphatic hydroxyl groups excluding tert-OH is 1. The van der Waals surface area contributed by atoms with E-state index >= 15 is 0 Å². The van der Waals surface area contributed by atoms with Crippen LogP contribution in [0.15, 0.2) is 36.4 Å². The second-order valence-electron chi connectivity index (χ2n) is 4.69. The molecule has 2 N–H and O–H groups in total. The predicted octanol–water partition coefficient (Wildman–Crippen LogP) is 2.89. The minimum atomic E-state index is -0.897. The first-order valence-corrected chi connectivity index (χ1v) is 7.98. The number of hydrogen-bond donors (Lipinski definition) is 2. The molecule has 112 valence electrons.